The third kappa shape index (κ3) is 3.56. The molecule has 1 aliphatic rings. The number of rotatable bonds is 2. The minimum Gasteiger partial charge on any atom is -0.325 e. The lowest BCUT2D eigenvalue weighted by Gasteiger charge is -2.27. The van der Waals surface area contributed by atoms with E-state index >= 15 is 0 Å². The summed E-state index contributed by atoms with van der Waals surface area (Å²) in [6, 6.07) is 6.18. The van der Waals surface area contributed by atoms with E-state index in [2.05, 4.69) is 49.4 Å². The van der Waals surface area contributed by atoms with E-state index in [0.717, 1.165) is 34.0 Å². The lowest BCUT2D eigenvalue weighted by Crippen LogP contribution is -2.40. The van der Waals surface area contributed by atoms with Crippen LogP contribution in [0.1, 0.15) is 19.8 Å². The molecule has 2 N–H and O–H groups in total. The highest BCUT2D eigenvalue weighted by molar-refractivity contribution is 9.11. The van der Waals surface area contributed by atoms with Crippen LogP contribution >= 0.6 is 31.9 Å². The van der Waals surface area contributed by atoms with Gasteiger partial charge in [-0.15, -0.1) is 0 Å². The average Bonchev–Trinajstić information content (AvgIpc) is 2.34. The Morgan fingerprint density at radius 3 is 2.94 bits per heavy atom. The quantitative estimate of drug-likeness (QED) is 0.829. The van der Waals surface area contributed by atoms with E-state index in [1.54, 1.807) is 0 Å². The second-order valence-electron chi connectivity index (χ2n) is 4.69. The third-order valence-electron chi connectivity index (χ3n) is 3.18. The van der Waals surface area contributed by atoms with E-state index < -0.39 is 0 Å². The topological polar surface area (TPSA) is 41.1 Å². The zero-order chi connectivity index (χ0) is 13.1. The Morgan fingerprint density at radius 2 is 2.22 bits per heavy atom. The molecule has 0 aliphatic carbocycles. The fraction of sp³-hybridized carbons (Fsp3) is 0.462. The average molecular weight is 376 g/mol. The van der Waals surface area contributed by atoms with E-state index in [1.165, 1.54) is 0 Å². The van der Waals surface area contributed by atoms with E-state index in [-0.39, 0.29) is 11.8 Å². The zero-order valence-electron chi connectivity index (χ0n) is 10.2. The van der Waals surface area contributed by atoms with Gasteiger partial charge in [-0.05, 0) is 60.4 Å². The summed E-state index contributed by atoms with van der Waals surface area (Å²) < 4.78 is 1.86. The Labute approximate surface area is 124 Å². The van der Waals surface area contributed by atoms with E-state index in [4.69, 9.17) is 0 Å². The molecule has 0 bridgehead atoms. The van der Waals surface area contributed by atoms with Gasteiger partial charge in [0.25, 0.3) is 0 Å². The van der Waals surface area contributed by atoms with Gasteiger partial charge in [0.15, 0.2) is 0 Å². The minimum atomic E-state index is 0.104. The molecule has 5 heteroatoms. The zero-order valence-corrected chi connectivity index (χ0v) is 13.3. The Hall–Kier alpha value is -0.390. The highest BCUT2D eigenvalue weighted by Crippen LogP contribution is 2.27. The number of hydrogen-bond donors (Lipinski definition) is 2. The van der Waals surface area contributed by atoms with Gasteiger partial charge >= 0.3 is 0 Å². The van der Waals surface area contributed by atoms with E-state index in [0.29, 0.717) is 6.04 Å². The Morgan fingerprint density at radius 1 is 1.44 bits per heavy atom. The summed E-state index contributed by atoms with van der Waals surface area (Å²) in [4.78, 5) is 12.2. The van der Waals surface area contributed by atoms with Crippen molar-refractivity contribution in [2.45, 2.75) is 25.8 Å². The maximum Gasteiger partial charge on any atom is 0.227 e. The summed E-state index contributed by atoms with van der Waals surface area (Å²) >= 11 is 6.86. The molecule has 1 aromatic carbocycles. The number of amides is 1. The number of nitrogens with one attached hydrogen (secondary N) is 2. The fourth-order valence-electron chi connectivity index (χ4n) is 2.20. The van der Waals surface area contributed by atoms with Crippen LogP contribution in [0.5, 0.6) is 0 Å². The summed E-state index contributed by atoms with van der Waals surface area (Å²) in [5, 5.41) is 6.35. The number of halogens is 2. The smallest absolute Gasteiger partial charge is 0.227 e. The summed E-state index contributed by atoms with van der Waals surface area (Å²) in [5.74, 6) is 0.217. The third-order valence-corrected chi connectivity index (χ3v) is 4.37. The van der Waals surface area contributed by atoms with Crippen LogP contribution in [0.2, 0.25) is 0 Å². The lowest BCUT2D eigenvalue weighted by molar-refractivity contribution is -0.120. The van der Waals surface area contributed by atoms with Gasteiger partial charge in [-0.2, -0.15) is 0 Å². The van der Waals surface area contributed by atoms with Crippen molar-refractivity contribution in [2.75, 3.05) is 11.9 Å². The second-order valence-corrected chi connectivity index (χ2v) is 6.46. The number of benzene rings is 1. The van der Waals surface area contributed by atoms with Crippen molar-refractivity contribution in [3.8, 4) is 0 Å². The van der Waals surface area contributed by atoms with Crippen molar-refractivity contribution in [1.29, 1.82) is 0 Å². The van der Waals surface area contributed by atoms with Gasteiger partial charge in [-0.25, -0.2) is 0 Å². The summed E-state index contributed by atoms with van der Waals surface area (Å²) in [6.45, 7) is 3.04. The number of piperidine rings is 1. The molecule has 98 valence electrons. The molecule has 3 nitrogen and oxygen atoms in total. The summed E-state index contributed by atoms with van der Waals surface area (Å²) in [5.41, 5.74) is 0.820. The Kier molecular flexibility index (Phi) is 4.81. The van der Waals surface area contributed by atoms with Crippen molar-refractivity contribution < 1.29 is 4.79 Å². The van der Waals surface area contributed by atoms with Gasteiger partial charge in [0.2, 0.25) is 5.91 Å². The molecule has 18 heavy (non-hydrogen) atoms. The maximum atomic E-state index is 12.2. The Balaban J connectivity index is 2.04. The predicted molar refractivity (Wildman–Crippen MR) is 80.7 cm³/mol. The van der Waals surface area contributed by atoms with Gasteiger partial charge in [0, 0.05) is 20.9 Å². The molecule has 0 spiro atoms. The van der Waals surface area contributed by atoms with Crippen molar-refractivity contribution in [3.05, 3.63) is 27.1 Å². The number of carbonyl (C=O) groups is 1. The van der Waals surface area contributed by atoms with Gasteiger partial charge in [-0.3, -0.25) is 4.79 Å². The molecule has 2 atom stereocenters. The van der Waals surface area contributed by atoms with Gasteiger partial charge < -0.3 is 10.6 Å². The maximum absolute atomic E-state index is 12.2. The fourth-order valence-corrected chi connectivity index (χ4v) is 2.90. The molecule has 1 aliphatic heterocycles. The molecule has 1 aromatic rings. The first-order valence-corrected chi connectivity index (χ1v) is 7.64. The minimum absolute atomic E-state index is 0.104. The molecule has 1 amide bonds. The molecule has 2 unspecified atom stereocenters. The SMILES string of the molecule is CC1CC(C(=O)Nc2cc(Br)ccc2Br)CCN1. The molecule has 1 fully saturated rings. The summed E-state index contributed by atoms with van der Waals surface area (Å²) in [6.07, 6.45) is 1.80. The first-order chi connectivity index (χ1) is 8.56. The van der Waals surface area contributed by atoms with Crippen molar-refractivity contribution in [1.82, 2.24) is 5.32 Å². The van der Waals surface area contributed by atoms with E-state index in [1.807, 2.05) is 18.2 Å². The molecule has 2 rings (SSSR count). The largest absolute Gasteiger partial charge is 0.325 e. The highest BCUT2D eigenvalue weighted by atomic mass is 79.9. The van der Waals surface area contributed by atoms with Crippen molar-refractivity contribution in [2.24, 2.45) is 5.92 Å². The molecular formula is C13H16Br2N2O. The van der Waals surface area contributed by atoms with E-state index in [9.17, 15) is 4.79 Å². The number of hydrogen-bond acceptors (Lipinski definition) is 2. The predicted octanol–water partition coefficient (Wildman–Crippen LogP) is 3.54. The van der Waals surface area contributed by atoms with Crippen LogP contribution < -0.4 is 10.6 Å². The first kappa shape index (κ1) is 14.0. The Bertz CT molecular complexity index is 451. The van der Waals surface area contributed by atoms with Crippen LogP contribution in [0, 0.1) is 5.92 Å². The standard InChI is InChI=1S/C13H16Br2N2O/c1-8-6-9(4-5-16-8)13(18)17-12-7-10(14)2-3-11(12)15/h2-3,7-9,16H,4-6H2,1H3,(H,17,18). The van der Waals surface area contributed by atoms with Crippen LogP contribution in [0.4, 0.5) is 5.69 Å². The number of carbonyl (C=O) groups excluding carboxylic acids is 1. The van der Waals surface area contributed by atoms with Crippen LogP contribution in [0.3, 0.4) is 0 Å². The van der Waals surface area contributed by atoms with Gasteiger partial charge in [-0.1, -0.05) is 15.9 Å². The number of anilines is 1. The second kappa shape index (κ2) is 6.17. The van der Waals surface area contributed by atoms with Crippen molar-refractivity contribution in [3.63, 3.8) is 0 Å². The van der Waals surface area contributed by atoms with Crippen molar-refractivity contribution >= 4 is 43.5 Å². The highest BCUT2D eigenvalue weighted by Gasteiger charge is 2.25. The van der Waals surface area contributed by atoms with Gasteiger partial charge in [0.05, 0.1) is 5.69 Å². The normalized spacial score (nSPS) is 23.7. The van der Waals surface area contributed by atoms with Crippen LogP contribution in [-0.2, 0) is 4.79 Å². The molecule has 1 saturated heterocycles. The molecule has 0 saturated carbocycles. The summed E-state index contributed by atoms with van der Waals surface area (Å²) in [7, 11) is 0. The van der Waals surface area contributed by atoms with Crippen LogP contribution in [0.25, 0.3) is 0 Å². The molecule has 0 radical (unpaired) electrons. The lowest BCUT2D eigenvalue weighted by atomic mass is 9.92. The van der Waals surface area contributed by atoms with Crippen LogP contribution in [0.15, 0.2) is 27.1 Å². The van der Waals surface area contributed by atoms with Gasteiger partial charge in [0.1, 0.15) is 0 Å². The molecule has 1 heterocycles. The monoisotopic (exact) mass is 374 g/mol. The van der Waals surface area contributed by atoms with Crippen LogP contribution in [-0.4, -0.2) is 18.5 Å². The molecular weight excluding hydrogens is 360 g/mol. The molecule has 0 aromatic heterocycles. The first-order valence-electron chi connectivity index (χ1n) is 6.05.